The first-order valence-electron chi connectivity index (χ1n) is 6.11. The summed E-state index contributed by atoms with van der Waals surface area (Å²) in [5, 5.41) is 12.9. The quantitative estimate of drug-likeness (QED) is 0.885. The molecule has 1 unspecified atom stereocenters. The average molecular weight is 275 g/mol. The molecule has 2 aromatic rings. The van der Waals surface area contributed by atoms with Crippen LogP contribution in [-0.4, -0.2) is 11.0 Å². The first-order valence-corrected chi connectivity index (χ1v) is 6.11. The smallest absolute Gasteiger partial charge is 0.228 e. The van der Waals surface area contributed by atoms with Crippen LogP contribution in [0.25, 0.3) is 0 Å². The molecule has 0 aromatic heterocycles. The molecule has 2 N–H and O–H groups in total. The van der Waals surface area contributed by atoms with Gasteiger partial charge in [0.15, 0.2) is 11.6 Å². The number of halogens is 2. The molecular weight excluding hydrogens is 264 g/mol. The molecule has 1 aliphatic heterocycles. The van der Waals surface area contributed by atoms with Gasteiger partial charge in [-0.2, -0.15) is 0 Å². The van der Waals surface area contributed by atoms with Gasteiger partial charge in [0, 0.05) is 11.3 Å². The SMILES string of the molecule is O=C1Cc2cc(C(O)c3cccc(F)c3F)ccc2N1. The van der Waals surface area contributed by atoms with Crippen molar-refractivity contribution >= 4 is 11.6 Å². The summed E-state index contributed by atoms with van der Waals surface area (Å²) >= 11 is 0. The van der Waals surface area contributed by atoms with Crippen LogP contribution < -0.4 is 5.32 Å². The van der Waals surface area contributed by atoms with Crippen molar-refractivity contribution in [2.24, 2.45) is 0 Å². The number of carbonyl (C=O) groups excluding carboxylic acids is 1. The number of anilines is 1. The third kappa shape index (κ3) is 2.06. The van der Waals surface area contributed by atoms with Gasteiger partial charge in [-0.05, 0) is 23.3 Å². The third-order valence-corrected chi connectivity index (χ3v) is 3.35. The van der Waals surface area contributed by atoms with E-state index in [0.29, 0.717) is 11.3 Å². The Kier molecular flexibility index (Phi) is 2.99. The predicted octanol–water partition coefficient (Wildman–Crippen LogP) is 2.54. The summed E-state index contributed by atoms with van der Waals surface area (Å²) in [4.78, 5) is 11.3. The average Bonchev–Trinajstić information content (AvgIpc) is 2.80. The van der Waals surface area contributed by atoms with E-state index in [2.05, 4.69) is 5.32 Å². The van der Waals surface area contributed by atoms with Gasteiger partial charge in [0.25, 0.3) is 0 Å². The Hall–Kier alpha value is -2.27. The van der Waals surface area contributed by atoms with Gasteiger partial charge in [0.2, 0.25) is 5.91 Å². The molecule has 20 heavy (non-hydrogen) atoms. The number of hydrogen-bond acceptors (Lipinski definition) is 2. The minimum atomic E-state index is -1.27. The molecule has 0 saturated heterocycles. The second-order valence-electron chi connectivity index (χ2n) is 4.69. The van der Waals surface area contributed by atoms with Crippen LogP contribution in [0.2, 0.25) is 0 Å². The molecule has 0 spiro atoms. The molecule has 1 aliphatic rings. The zero-order valence-electron chi connectivity index (χ0n) is 10.4. The highest BCUT2D eigenvalue weighted by Crippen LogP contribution is 2.30. The highest BCUT2D eigenvalue weighted by atomic mass is 19.2. The number of aliphatic hydroxyl groups is 1. The van der Waals surface area contributed by atoms with Crippen molar-refractivity contribution in [3.05, 3.63) is 64.7 Å². The minimum Gasteiger partial charge on any atom is -0.384 e. The lowest BCUT2D eigenvalue weighted by Crippen LogP contribution is -2.04. The van der Waals surface area contributed by atoms with E-state index in [1.807, 2.05) is 0 Å². The van der Waals surface area contributed by atoms with Crippen molar-refractivity contribution in [2.75, 3.05) is 5.32 Å². The molecule has 0 saturated carbocycles. The van der Waals surface area contributed by atoms with Gasteiger partial charge in [-0.15, -0.1) is 0 Å². The number of rotatable bonds is 2. The molecule has 0 fully saturated rings. The van der Waals surface area contributed by atoms with Crippen LogP contribution in [0.4, 0.5) is 14.5 Å². The zero-order chi connectivity index (χ0) is 14.3. The van der Waals surface area contributed by atoms with Crippen molar-refractivity contribution in [1.82, 2.24) is 0 Å². The Balaban J connectivity index is 1.99. The van der Waals surface area contributed by atoms with Crippen LogP contribution in [0.5, 0.6) is 0 Å². The number of hydrogen-bond donors (Lipinski definition) is 2. The summed E-state index contributed by atoms with van der Waals surface area (Å²) in [7, 11) is 0. The molecule has 3 nitrogen and oxygen atoms in total. The van der Waals surface area contributed by atoms with E-state index < -0.39 is 17.7 Å². The van der Waals surface area contributed by atoms with Crippen molar-refractivity contribution < 1.29 is 18.7 Å². The molecule has 0 radical (unpaired) electrons. The number of amides is 1. The maximum absolute atomic E-state index is 13.7. The van der Waals surface area contributed by atoms with Crippen molar-refractivity contribution in [3.8, 4) is 0 Å². The first-order chi connectivity index (χ1) is 9.56. The summed E-state index contributed by atoms with van der Waals surface area (Å²) in [6.45, 7) is 0. The number of nitrogens with one attached hydrogen (secondary N) is 1. The summed E-state index contributed by atoms with van der Waals surface area (Å²) in [6.07, 6.45) is -1.05. The minimum absolute atomic E-state index is 0.122. The fourth-order valence-electron chi connectivity index (χ4n) is 2.33. The van der Waals surface area contributed by atoms with Crippen LogP contribution in [0, 0.1) is 11.6 Å². The fraction of sp³-hybridized carbons (Fsp3) is 0.133. The van der Waals surface area contributed by atoms with Gasteiger partial charge in [-0.25, -0.2) is 8.78 Å². The Morgan fingerprint density at radius 3 is 2.80 bits per heavy atom. The zero-order valence-corrected chi connectivity index (χ0v) is 10.4. The van der Waals surface area contributed by atoms with E-state index in [1.165, 1.54) is 12.1 Å². The lowest BCUT2D eigenvalue weighted by molar-refractivity contribution is -0.115. The highest BCUT2D eigenvalue weighted by molar-refractivity contribution is 5.99. The van der Waals surface area contributed by atoms with Gasteiger partial charge < -0.3 is 10.4 Å². The molecule has 0 bridgehead atoms. The second-order valence-corrected chi connectivity index (χ2v) is 4.69. The van der Waals surface area contributed by atoms with E-state index >= 15 is 0 Å². The van der Waals surface area contributed by atoms with Crippen molar-refractivity contribution in [2.45, 2.75) is 12.5 Å². The summed E-state index contributed by atoms with van der Waals surface area (Å²) in [5.41, 5.74) is 1.72. The Morgan fingerprint density at radius 1 is 1.20 bits per heavy atom. The molecule has 0 aliphatic carbocycles. The van der Waals surface area contributed by atoms with E-state index in [-0.39, 0.29) is 17.9 Å². The van der Waals surface area contributed by atoms with Gasteiger partial charge in [-0.1, -0.05) is 24.3 Å². The van der Waals surface area contributed by atoms with Gasteiger partial charge in [-0.3, -0.25) is 4.79 Å². The van der Waals surface area contributed by atoms with Crippen molar-refractivity contribution in [1.29, 1.82) is 0 Å². The van der Waals surface area contributed by atoms with E-state index in [4.69, 9.17) is 0 Å². The maximum atomic E-state index is 13.7. The van der Waals surface area contributed by atoms with Crippen LogP contribution >= 0.6 is 0 Å². The Bertz CT molecular complexity index is 700. The lowest BCUT2D eigenvalue weighted by atomic mass is 9.98. The second kappa shape index (κ2) is 4.68. The Labute approximate surface area is 113 Å². The maximum Gasteiger partial charge on any atom is 0.228 e. The fourth-order valence-corrected chi connectivity index (χ4v) is 2.33. The first kappa shape index (κ1) is 12.7. The molecule has 5 heteroatoms. The van der Waals surface area contributed by atoms with Crippen LogP contribution in [0.15, 0.2) is 36.4 Å². The van der Waals surface area contributed by atoms with E-state index in [9.17, 15) is 18.7 Å². The molecule has 2 aromatic carbocycles. The predicted molar refractivity (Wildman–Crippen MR) is 69.2 cm³/mol. The molecule has 1 atom stereocenters. The highest BCUT2D eigenvalue weighted by Gasteiger charge is 2.22. The van der Waals surface area contributed by atoms with Gasteiger partial charge in [0.1, 0.15) is 6.10 Å². The molecular formula is C15H11F2NO2. The third-order valence-electron chi connectivity index (χ3n) is 3.35. The summed E-state index contributed by atoms with van der Waals surface area (Å²) in [5.74, 6) is -2.18. The van der Waals surface area contributed by atoms with E-state index in [1.54, 1.807) is 18.2 Å². The van der Waals surface area contributed by atoms with Gasteiger partial charge >= 0.3 is 0 Å². The monoisotopic (exact) mass is 275 g/mol. The number of aliphatic hydroxyl groups excluding tert-OH is 1. The summed E-state index contributed by atoms with van der Waals surface area (Å²) < 4.78 is 26.9. The summed E-state index contributed by atoms with van der Waals surface area (Å²) in [6, 6.07) is 8.53. The lowest BCUT2D eigenvalue weighted by Gasteiger charge is -2.13. The molecule has 102 valence electrons. The molecule has 3 rings (SSSR count). The molecule has 1 amide bonds. The number of fused-ring (bicyclic) bond motifs is 1. The van der Waals surface area contributed by atoms with Gasteiger partial charge in [0.05, 0.1) is 6.42 Å². The van der Waals surface area contributed by atoms with E-state index in [0.717, 1.165) is 11.6 Å². The Morgan fingerprint density at radius 2 is 2.00 bits per heavy atom. The van der Waals surface area contributed by atoms with Crippen LogP contribution in [0.3, 0.4) is 0 Å². The topological polar surface area (TPSA) is 49.3 Å². The largest absolute Gasteiger partial charge is 0.384 e. The normalized spacial score (nSPS) is 14.8. The van der Waals surface area contributed by atoms with Crippen molar-refractivity contribution in [3.63, 3.8) is 0 Å². The number of carbonyl (C=O) groups is 1. The number of benzene rings is 2. The van der Waals surface area contributed by atoms with Crippen LogP contribution in [-0.2, 0) is 11.2 Å². The standard InChI is InChI=1S/C15H11F2NO2/c16-11-3-1-2-10(14(11)17)15(20)8-4-5-12-9(6-8)7-13(19)18-12/h1-6,15,20H,7H2,(H,18,19). The molecule has 1 heterocycles. The van der Waals surface area contributed by atoms with Crippen LogP contribution in [0.1, 0.15) is 22.8 Å².